The molecule has 1 saturated heterocycles. The van der Waals surface area contributed by atoms with Gasteiger partial charge in [-0.1, -0.05) is 24.3 Å². The third-order valence-corrected chi connectivity index (χ3v) is 3.92. The number of amides is 1. The lowest BCUT2D eigenvalue weighted by Crippen LogP contribution is -2.42. The molecular formula is C18H25NO4. The standard InChI is InChI=1S/C18H25NO4/c1-3-10-22-14(2)18(21)19(13-16-8-6-11-23-16)12-15-7-4-5-9-17(15)20/h3-5,7,9,14,16,20H,1,6,8,10-13H2,2H3. The van der Waals surface area contributed by atoms with Crippen molar-refractivity contribution in [3.05, 3.63) is 42.5 Å². The molecule has 2 unspecified atom stereocenters. The van der Waals surface area contributed by atoms with Crippen molar-refractivity contribution in [1.82, 2.24) is 4.90 Å². The molecule has 1 fully saturated rings. The number of carbonyl (C=O) groups is 1. The number of benzene rings is 1. The van der Waals surface area contributed by atoms with E-state index >= 15 is 0 Å². The summed E-state index contributed by atoms with van der Waals surface area (Å²) in [5, 5.41) is 9.97. The van der Waals surface area contributed by atoms with E-state index in [1.54, 1.807) is 30.0 Å². The van der Waals surface area contributed by atoms with E-state index in [1.165, 1.54) is 0 Å². The summed E-state index contributed by atoms with van der Waals surface area (Å²) in [7, 11) is 0. The predicted molar refractivity (Wildman–Crippen MR) is 88.1 cm³/mol. The second kappa shape index (κ2) is 8.70. The number of para-hydroxylation sites is 1. The average molecular weight is 319 g/mol. The fourth-order valence-electron chi connectivity index (χ4n) is 2.66. The Morgan fingerprint density at radius 3 is 3.00 bits per heavy atom. The summed E-state index contributed by atoms with van der Waals surface area (Å²) in [5.74, 6) is 0.0860. The van der Waals surface area contributed by atoms with Crippen molar-refractivity contribution in [3.8, 4) is 5.75 Å². The highest BCUT2D eigenvalue weighted by molar-refractivity contribution is 5.80. The zero-order chi connectivity index (χ0) is 16.7. The minimum atomic E-state index is -0.555. The van der Waals surface area contributed by atoms with Crippen molar-refractivity contribution in [1.29, 1.82) is 0 Å². The summed E-state index contributed by atoms with van der Waals surface area (Å²) < 4.78 is 11.1. The maximum Gasteiger partial charge on any atom is 0.251 e. The van der Waals surface area contributed by atoms with E-state index in [1.807, 2.05) is 12.1 Å². The number of rotatable bonds is 8. The molecule has 5 heteroatoms. The molecule has 1 amide bonds. The number of phenols is 1. The van der Waals surface area contributed by atoms with E-state index in [0.717, 1.165) is 25.0 Å². The quantitative estimate of drug-likeness (QED) is 0.748. The van der Waals surface area contributed by atoms with Crippen LogP contribution in [-0.2, 0) is 20.8 Å². The molecule has 1 aromatic carbocycles. The molecule has 0 spiro atoms. The molecule has 2 rings (SSSR count). The van der Waals surface area contributed by atoms with Crippen LogP contribution in [0.15, 0.2) is 36.9 Å². The maximum atomic E-state index is 12.7. The highest BCUT2D eigenvalue weighted by Crippen LogP contribution is 2.21. The first-order valence-electron chi connectivity index (χ1n) is 8.01. The molecule has 1 heterocycles. The van der Waals surface area contributed by atoms with Crippen LogP contribution >= 0.6 is 0 Å². The van der Waals surface area contributed by atoms with Gasteiger partial charge in [0.1, 0.15) is 11.9 Å². The molecule has 5 nitrogen and oxygen atoms in total. The smallest absolute Gasteiger partial charge is 0.251 e. The van der Waals surface area contributed by atoms with E-state index in [-0.39, 0.29) is 17.8 Å². The summed E-state index contributed by atoms with van der Waals surface area (Å²) in [6, 6.07) is 7.06. The monoisotopic (exact) mass is 319 g/mol. The Labute approximate surface area is 137 Å². The first-order chi connectivity index (χ1) is 11.1. The van der Waals surface area contributed by atoms with Crippen LogP contribution in [0.2, 0.25) is 0 Å². The molecule has 1 aliphatic rings. The molecule has 0 radical (unpaired) electrons. The van der Waals surface area contributed by atoms with Crippen molar-refractivity contribution < 1.29 is 19.4 Å². The maximum absolute atomic E-state index is 12.7. The summed E-state index contributed by atoms with van der Waals surface area (Å²) in [5.41, 5.74) is 0.717. The van der Waals surface area contributed by atoms with Gasteiger partial charge in [-0.05, 0) is 25.8 Å². The Hall–Kier alpha value is -1.85. The number of aromatic hydroxyl groups is 1. The molecule has 0 saturated carbocycles. The Morgan fingerprint density at radius 1 is 1.57 bits per heavy atom. The average Bonchev–Trinajstić information content (AvgIpc) is 3.06. The minimum Gasteiger partial charge on any atom is -0.508 e. The van der Waals surface area contributed by atoms with E-state index in [9.17, 15) is 9.90 Å². The van der Waals surface area contributed by atoms with Gasteiger partial charge in [0.15, 0.2) is 0 Å². The first kappa shape index (κ1) is 17.5. The number of ether oxygens (including phenoxy) is 2. The van der Waals surface area contributed by atoms with E-state index in [2.05, 4.69) is 6.58 Å². The van der Waals surface area contributed by atoms with Crippen LogP contribution in [0.25, 0.3) is 0 Å². The third-order valence-electron chi connectivity index (χ3n) is 3.92. The molecule has 1 aliphatic heterocycles. The molecule has 0 bridgehead atoms. The van der Waals surface area contributed by atoms with Crippen molar-refractivity contribution in [2.24, 2.45) is 0 Å². The molecular weight excluding hydrogens is 294 g/mol. The summed E-state index contributed by atoms with van der Waals surface area (Å²) in [4.78, 5) is 14.4. The molecule has 126 valence electrons. The van der Waals surface area contributed by atoms with Crippen LogP contribution in [0.3, 0.4) is 0 Å². The van der Waals surface area contributed by atoms with E-state index < -0.39 is 6.10 Å². The summed E-state index contributed by atoms with van der Waals surface area (Å²) in [6.45, 7) is 7.25. The lowest BCUT2D eigenvalue weighted by molar-refractivity contribution is -0.144. The van der Waals surface area contributed by atoms with Gasteiger partial charge in [0.25, 0.3) is 5.91 Å². The fourth-order valence-corrected chi connectivity index (χ4v) is 2.66. The Balaban J connectivity index is 2.08. The zero-order valence-electron chi connectivity index (χ0n) is 13.6. The molecule has 1 aromatic rings. The normalized spacial score (nSPS) is 18.6. The topological polar surface area (TPSA) is 59.0 Å². The van der Waals surface area contributed by atoms with Crippen LogP contribution in [0.1, 0.15) is 25.3 Å². The summed E-state index contributed by atoms with van der Waals surface area (Å²) in [6.07, 6.45) is 3.09. The minimum absolute atomic E-state index is 0.0522. The Kier molecular flexibility index (Phi) is 6.62. The van der Waals surface area contributed by atoms with Crippen molar-refractivity contribution >= 4 is 5.91 Å². The molecule has 1 N–H and O–H groups in total. The zero-order valence-corrected chi connectivity index (χ0v) is 13.6. The van der Waals surface area contributed by atoms with Gasteiger partial charge >= 0.3 is 0 Å². The second-order valence-electron chi connectivity index (χ2n) is 5.75. The number of hydrogen-bond donors (Lipinski definition) is 1. The highest BCUT2D eigenvalue weighted by atomic mass is 16.5. The van der Waals surface area contributed by atoms with Gasteiger partial charge < -0.3 is 19.5 Å². The molecule has 0 aromatic heterocycles. The molecule has 23 heavy (non-hydrogen) atoms. The van der Waals surface area contributed by atoms with Crippen molar-refractivity contribution in [2.45, 2.75) is 38.5 Å². The van der Waals surface area contributed by atoms with Crippen LogP contribution in [-0.4, -0.2) is 47.9 Å². The van der Waals surface area contributed by atoms with Crippen LogP contribution in [0.4, 0.5) is 0 Å². The Bertz CT molecular complexity index is 526. The largest absolute Gasteiger partial charge is 0.508 e. The van der Waals surface area contributed by atoms with Gasteiger partial charge in [0.05, 0.1) is 12.7 Å². The number of nitrogens with zero attached hydrogens (tertiary/aromatic N) is 1. The van der Waals surface area contributed by atoms with Gasteiger partial charge in [-0.3, -0.25) is 4.79 Å². The second-order valence-corrected chi connectivity index (χ2v) is 5.75. The third kappa shape index (κ3) is 5.08. The van der Waals surface area contributed by atoms with Gasteiger partial charge in [-0.15, -0.1) is 6.58 Å². The van der Waals surface area contributed by atoms with Crippen molar-refractivity contribution in [3.63, 3.8) is 0 Å². The molecule has 0 aliphatic carbocycles. The molecule has 2 atom stereocenters. The Morgan fingerprint density at radius 2 is 2.35 bits per heavy atom. The first-order valence-corrected chi connectivity index (χ1v) is 8.01. The van der Waals surface area contributed by atoms with Gasteiger partial charge in [-0.25, -0.2) is 0 Å². The number of carbonyl (C=O) groups excluding carboxylic acids is 1. The fraction of sp³-hybridized carbons (Fsp3) is 0.500. The summed E-state index contributed by atoms with van der Waals surface area (Å²) >= 11 is 0. The lowest BCUT2D eigenvalue weighted by atomic mass is 10.1. The number of phenolic OH excluding ortho intramolecular Hbond substituents is 1. The van der Waals surface area contributed by atoms with Crippen molar-refractivity contribution in [2.75, 3.05) is 19.8 Å². The van der Waals surface area contributed by atoms with Gasteiger partial charge in [0, 0.05) is 25.3 Å². The predicted octanol–water partition coefficient (Wildman–Crippen LogP) is 2.49. The van der Waals surface area contributed by atoms with E-state index in [0.29, 0.717) is 19.7 Å². The van der Waals surface area contributed by atoms with E-state index in [4.69, 9.17) is 9.47 Å². The highest BCUT2D eigenvalue weighted by Gasteiger charge is 2.26. The lowest BCUT2D eigenvalue weighted by Gasteiger charge is -2.28. The SMILES string of the molecule is C=CCOC(C)C(=O)N(Cc1ccccc1O)CC1CCCO1. The van der Waals surface area contributed by atoms with Gasteiger partial charge in [-0.2, -0.15) is 0 Å². The van der Waals surface area contributed by atoms with Crippen LogP contribution in [0.5, 0.6) is 5.75 Å². The van der Waals surface area contributed by atoms with Gasteiger partial charge in [0.2, 0.25) is 0 Å². The number of hydrogen-bond acceptors (Lipinski definition) is 4. The van der Waals surface area contributed by atoms with Crippen LogP contribution < -0.4 is 0 Å². The van der Waals surface area contributed by atoms with Crippen LogP contribution in [0, 0.1) is 0 Å².